The number of amides is 1. The highest BCUT2D eigenvalue weighted by Crippen LogP contribution is 2.21. The molecule has 1 aromatic rings. The van der Waals surface area contributed by atoms with Gasteiger partial charge in [-0.2, -0.15) is 0 Å². The van der Waals surface area contributed by atoms with Gasteiger partial charge in [0.2, 0.25) is 5.91 Å². The van der Waals surface area contributed by atoms with E-state index in [0.717, 1.165) is 5.56 Å². The standard InChI is InChI=1S/C15H20N2O3/c1-15(2)19-10-13(20-15)9-17-14(18)8-5-11-3-6-12(16)7-4-11/h3-8,13H,9-10,16H2,1-2H3,(H,17,18)/b8-5+. The molecular formula is C15H20N2O3. The van der Waals surface area contributed by atoms with E-state index < -0.39 is 5.79 Å². The summed E-state index contributed by atoms with van der Waals surface area (Å²) in [4.78, 5) is 11.7. The van der Waals surface area contributed by atoms with Gasteiger partial charge in [-0.1, -0.05) is 12.1 Å². The van der Waals surface area contributed by atoms with Gasteiger partial charge in [-0.05, 0) is 37.6 Å². The van der Waals surface area contributed by atoms with Gasteiger partial charge in [-0.25, -0.2) is 0 Å². The Bertz CT molecular complexity index is 494. The molecule has 1 saturated heterocycles. The molecule has 1 unspecified atom stereocenters. The zero-order valence-electron chi connectivity index (χ0n) is 11.8. The lowest BCUT2D eigenvalue weighted by Gasteiger charge is -2.17. The van der Waals surface area contributed by atoms with Gasteiger partial charge in [-0.3, -0.25) is 4.79 Å². The van der Waals surface area contributed by atoms with Crippen molar-refractivity contribution in [2.75, 3.05) is 18.9 Å². The summed E-state index contributed by atoms with van der Waals surface area (Å²) in [7, 11) is 0. The minimum atomic E-state index is -0.560. The van der Waals surface area contributed by atoms with E-state index in [1.54, 1.807) is 18.2 Å². The molecule has 1 aromatic carbocycles. The molecule has 1 atom stereocenters. The van der Waals surface area contributed by atoms with Gasteiger partial charge in [0.05, 0.1) is 6.61 Å². The summed E-state index contributed by atoms with van der Waals surface area (Å²) in [5.74, 6) is -0.718. The predicted octanol–water partition coefficient (Wildman–Crippen LogP) is 1.55. The van der Waals surface area contributed by atoms with Crippen LogP contribution in [0, 0.1) is 0 Å². The Hall–Kier alpha value is -1.85. The van der Waals surface area contributed by atoms with Crippen LogP contribution in [0.15, 0.2) is 30.3 Å². The van der Waals surface area contributed by atoms with Gasteiger partial charge in [0.25, 0.3) is 0 Å². The highest BCUT2D eigenvalue weighted by molar-refractivity contribution is 5.91. The first-order valence-electron chi connectivity index (χ1n) is 6.58. The summed E-state index contributed by atoms with van der Waals surface area (Å²) in [6.07, 6.45) is 3.14. The van der Waals surface area contributed by atoms with E-state index in [4.69, 9.17) is 15.2 Å². The van der Waals surface area contributed by atoms with E-state index in [9.17, 15) is 4.79 Å². The monoisotopic (exact) mass is 276 g/mol. The van der Waals surface area contributed by atoms with Crippen molar-refractivity contribution in [2.24, 2.45) is 0 Å². The lowest BCUT2D eigenvalue weighted by Crippen LogP contribution is -2.33. The van der Waals surface area contributed by atoms with Crippen molar-refractivity contribution in [3.63, 3.8) is 0 Å². The molecule has 5 heteroatoms. The van der Waals surface area contributed by atoms with Gasteiger partial charge in [0.1, 0.15) is 6.10 Å². The Morgan fingerprint density at radius 2 is 2.15 bits per heavy atom. The molecule has 5 nitrogen and oxygen atoms in total. The fraction of sp³-hybridized carbons (Fsp3) is 0.400. The molecule has 1 aliphatic rings. The highest BCUT2D eigenvalue weighted by atomic mass is 16.7. The van der Waals surface area contributed by atoms with Gasteiger partial charge in [0, 0.05) is 18.3 Å². The number of hydrogen-bond donors (Lipinski definition) is 2. The van der Waals surface area contributed by atoms with Crippen LogP contribution < -0.4 is 11.1 Å². The van der Waals surface area contributed by atoms with Crippen molar-refractivity contribution < 1.29 is 14.3 Å². The second-order valence-corrected chi connectivity index (χ2v) is 5.20. The summed E-state index contributed by atoms with van der Waals surface area (Å²) in [5, 5.41) is 2.79. The first-order valence-corrected chi connectivity index (χ1v) is 6.58. The van der Waals surface area contributed by atoms with Crippen LogP contribution >= 0.6 is 0 Å². The summed E-state index contributed by atoms with van der Waals surface area (Å²) >= 11 is 0. The maximum absolute atomic E-state index is 11.7. The Balaban J connectivity index is 1.77. The number of nitrogens with two attached hydrogens (primary N) is 1. The third-order valence-electron chi connectivity index (χ3n) is 2.93. The van der Waals surface area contributed by atoms with Crippen molar-refractivity contribution in [3.05, 3.63) is 35.9 Å². The van der Waals surface area contributed by atoms with Crippen LogP contribution in [0.5, 0.6) is 0 Å². The van der Waals surface area contributed by atoms with Crippen LogP contribution in [0.1, 0.15) is 19.4 Å². The second kappa shape index (κ2) is 6.07. The fourth-order valence-electron chi connectivity index (χ4n) is 1.92. The average molecular weight is 276 g/mol. The number of nitrogens with one attached hydrogen (secondary N) is 1. The molecule has 1 fully saturated rings. The first kappa shape index (κ1) is 14.6. The molecule has 1 aliphatic heterocycles. The number of benzene rings is 1. The Morgan fingerprint density at radius 1 is 1.45 bits per heavy atom. The summed E-state index contributed by atoms with van der Waals surface area (Å²) < 4.78 is 11.0. The van der Waals surface area contributed by atoms with Gasteiger partial charge < -0.3 is 20.5 Å². The third kappa shape index (κ3) is 4.36. The predicted molar refractivity (Wildman–Crippen MR) is 77.8 cm³/mol. The lowest BCUT2D eigenvalue weighted by molar-refractivity contribution is -0.139. The van der Waals surface area contributed by atoms with Crippen molar-refractivity contribution in [1.82, 2.24) is 5.32 Å². The molecule has 0 bridgehead atoms. The zero-order chi connectivity index (χ0) is 14.6. The minimum Gasteiger partial charge on any atom is -0.399 e. The topological polar surface area (TPSA) is 73.6 Å². The summed E-state index contributed by atoms with van der Waals surface area (Å²) in [6, 6.07) is 7.30. The molecule has 0 saturated carbocycles. The summed E-state index contributed by atoms with van der Waals surface area (Å²) in [5.41, 5.74) is 7.22. The molecule has 0 aliphatic carbocycles. The number of nitrogen functional groups attached to an aromatic ring is 1. The number of carbonyl (C=O) groups excluding carboxylic acids is 1. The quantitative estimate of drug-likeness (QED) is 0.646. The van der Waals surface area contributed by atoms with E-state index in [2.05, 4.69) is 5.32 Å². The van der Waals surface area contributed by atoms with E-state index in [1.807, 2.05) is 26.0 Å². The second-order valence-electron chi connectivity index (χ2n) is 5.20. The van der Waals surface area contributed by atoms with Gasteiger partial charge >= 0.3 is 0 Å². The number of anilines is 1. The van der Waals surface area contributed by atoms with E-state index >= 15 is 0 Å². The van der Waals surface area contributed by atoms with Crippen molar-refractivity contribution >= 4 is 17.7 Å². The SMILES string of the molecule is CC1(C)OCC(CNC(=O)/C=C/c2ccc(N)cc2)O1. The van der Waals surface area contributed by atoms with Crippen molar-refractivity contribution in [3.8, 4) is 0 Å². The molecular weight excluding hydrogens is 256 g/mol. The molecule has 1 heterocycles. The molecule has 2 rings (SSSR count). The van der Waals surface area contributed by atoms with E-state index in [1.165, 1.54) is 6.08 Å². The van der Waals surface area contributed by atoms with Crippen LogP contribution in [-0.4, -0.2) is 30.9 Å². The molecule has 3 N–H and O–H groups in total. The third-order valence-corrected chi connectivity index (χ3v) is 2.93. The number of hydrogen-bond acceptors (Lipinski definition) is 4. The Labute approximate surface area is 118 Å². The van der Waals surface area contributed by atoms with Crippen LogP contribution in [-0.2, 0) is 14.3 Å². The molecule has 0 radical (unpaired) electrons. The van der Waals surface area contributed by atoms with E-state index in [-0.39, 0.29) is 12.0 Å². The lowest BCUT2D eigenvalue weighted by atomic mass is 10.2. The average Bonchev–Trinajstić information content (AvgIpc) is 2.75. The minimum absolute atomic E-state index is 0.0983. The first-order chi connectivity index (χ1) is 9.44. The Kier molecular flexibility index (Phi) is 4.42. The number of carbonyl (C=O) groups is 1. The Morgan fingerprint density at radius 3 is 2.75 bits per heavy atom. The van der Waals surface area contributed by atoms with Gasteiger partial charge in [0.15, 0.2) is 5.79 Å². The van der Waals surface area contributed by atoms with Gasteiger partial charge in [-0.15, -0.1) is 0 Å². The normalized spacial score (nSPS) is 21.2. The van der Waals surface area contributed by atoms with E-state index in [0.29, 0.717) is 18.8 Å². The number of rotatable bonds is 4. The van der Waals surface area contributed by atoms with Crippen LogP contribution in [0.3, 0.4) is 0 Å². The number of ether oxygens (including phenoxy) is 2. The molecule has 0 aromatic heterocycles. The fourth-order valence-corrected chi connectivity index (χ4v) is 1.92. The molecule has 20 heavy (non-hydrogen) atoms. The highest BCUT2D eigenvalue weighted by Gasteiger charge is 2.32. The maximum Gasteiger partial charge on any atom is 0.244 e. The van der Waals surface area contributed by atoms with Crippen LogP contribution in [0.4, 0.5) is 5.69 Å². The molecule has 108 valence electrons. The van der Waals surface area contributed by atoms with Crippen molar-refractivity contribution in [2.45, 2.75) is 25.7 Å². The zero-order valence-corrected chi connectivity index (χ0v) is 11.8. The molecule has 0 spiro atoms. The van der Waals surface area contributed by atoms with Crippen molar-refractivity contribution in [1.29, 1.82) is 0 Å². The smallest absolute Gasteiger partial charge is 0.244 e. The molecule has 1 amide bonds. The summed E-state index contributed by atoms with van der Waals surface area (Å²) in [6.45, 7) is 4.65. The van der Waals surface area contributed by atoms with Crippen LogP contribution in [0.25, 0.3) is 6.08 Å². The van der Waals surface area contributed by atoms with Crippen LogP contribution in [0.2, 0.25) is 0 Å². The largest absolute Gasteiger partial charge is 0.399 e. The maximum atomic E-state index is 11.7.